The first-order chi connectivity index (χ1) is 2.00. The topological polar surface area (TPSA) is 80.9 Å². The number of rotatable bonds is 0. The fourth-order valence-corrected chi connectivity index (χ4v) is 0. The summed E-state index contributed by atoms with van der Waals surface area (Å²) in [7, 11) is 0. The van der Waals surface area contributed by atoms with Gasteiger partial charge in [0, 0.05) is 20.4 Å². The molecule has 0 radical (unpaired) electrons. The van der Waals surface area contributed by atoms with Gasteiger partial charge in [0.05, 0.1) is 0 Å². The molecule has 0 aromatic heterocycles. The van der Waals surface area contributed by atoms with Gasteiger partial charge in [-0.15, -0.1) is 0 Å². The second-order valence-electron chi connectivity index (χ2n) is 0.600. The summed E-state index contributed by atoms with van der Waals surface area (Å²) in [4.78, 5) is 0. The van der Waals surface area contributed by atoms with E-state index in [1.54, 1.807) is 0 Å². The normalized spacial score (nSPS) is 10.0. The van der Waals surface area contributed by atoms with Gasteiger partial charge in [0.15, 0.2) is 0 Å². The molecule has 0 rings (SSSR count). The first kappa shape index (κ1) is 9.71. The molecular weight excluding hydrogens is 182 g/mol. The molecule has 0 amide bonds. The Hall–Kier alpha value is 0.502. The summed E-state index contributed by atoms with van der Waals surface area (Å²) in [5.41, 5.74) is 0. The van der Waals surface area contributed by atoms with Crippen LogP contribution in [-0.4, -0.2) is 26.6 Å². The van der Waals surface area contributed by atoms with Crippen LogP contribution in [0, 0.1) is 0 Å². The summed E-state index contributed by atoms with van der Waals surface area (Å²) in [5.74, 6) is 0. The Balaban J connectivity index is 0. The maximum absolute atomic E-state index is 7.19. The number of hydrogen-bond donors (Lipinski definition) is 4. The van der Waals surface area contributed by atoms with Crippen LogP contribution in [0.4, 0.5) is 0 Å². The van der Waals surface area contributed by atoms with Crippen LogP contribution in [0.5, 0.6) is 0 Å². The zero-order valence-corrected chi connectivity index (χ0v) is 4.16. The van der Waals surface area contributed by atoms with Crippen molar-refractivity contribution >= 4 is 0 Å². The standard InChI is InChI=1S/CH4O4.Pd/c2-1(3,4)5;/h2-5H;. The van der Waals surface area contributed by atoms with E-state index in [-0.39, 0.29) is 20.4 Å². The van der Waals surface area contributed by atoms with Crippen molar-refractivity contribution in [3.8, 4) is 0 Å². The van der Waals surface area contributed by atoms with Crippen molar-refractivity contribution in [2.75, 3.05) is 0 Å². The van der Waals surface area contributed by atoms with E-state index in [4.69, 9.17) is 20.4 Å². The molecule has 0 aromatic rings. The molecule has 0 saturated carbocycles. The van der Waals surface area contributed by atoms with E-state index in [1.807, 2.05) is 0 Å². The summed E-state index contributed by atoms with van der Waals surface area (Å²) in [6.07, 6.45) is -3.50. The van der Waals surface area contributed by atoms with Crippen molar-refractivity contribution in [1.29, 1.82) is 0 Å². The molecule has 0 spiro atoms. The van der Waals surface area contributed by atoms with Crippen molar-refractivity contribution in [3.63, 3.8) is 0 Å². The van der Waals surface area contributed by atoms with Crippen molar-refractivity contribution < 1.29 is 40.8 Å². The van der Waals surface area contributed by atoms with Crippen LogP contribution in [0.25, 0.3) is 0 Å². The third-order valence-corrected chi connectivity index (χ3v) is 0. The third-order valence-electron chi connectivity index (χ3n) is 0. The van der Waals surface area contributed by atoms with Crippen LogP contribution >= 0.6 is 0 Å². The molecule has 0 unspecified atom stereocenters. The van der Waals surface area contributed by atoms with Gasteiger partial charge in [-0.1, -0.05) is 0 Å². The quantitative estimate of drug-likeness (QED) is 0.250. The van der Waals surface area contributed by atoms with E-state index in [2.05, 4.69) is 0 Å². The van der Waals surface area contributed by atoms with E-state index >= 15 is 0 Å². The van der Waals surface area contributed by atoms with Crippen LogP contribution in [0.1, 0.15) is 0 Å². The average molecular weight is 186 g/mol. The molecule has 0 aliphatic rings. The monoisotopic (exact) mass is 186 g/mol. The Morgan fingerprint density at radius 3 is 0.833 bits per heavy atom. The van der Waals surface area contributed by atoms with Crippen LogP contribution in [0.2, 0.25) is 0 Å². The zero-order valence-electron chi connectivity index (χ0n) is 2.61. The van der Waals surface area contributed by atoms with Gasteiger partial charge in [-0.05, 0) is 0 Å². The Kier molecular flexibility index (Phi) is 4.27. The summed E-state index contributed by atoms with van der Waals surface area (Å²) in [6, 6.07) is 0. The van der Waals surface area contributed by atoms with Crippen LogP contribution in [0.3, 0.4) is 0 Å². The van der Waals surface area contributed by atoms with Gasteiger partial charge >= 0.3 is 6.16 Å². The molecule has 4 nitrogen and oxygen atoms in total. The van der Waals surface area contributed by atoms with Crippen LogP contribution in [0.15, 0.2) is 0 Å². The predicted molar refractivity (Wildman–Crippen MR) is 11.6 cm³/mol. The van der Waals surface area contributed by atoms with Gasteiger partial charge in [0.2, 0.25) is 0 Å². The van der Waals surface area contributed by atoms with Crippen LogP contribution in [-0.2, 0) is 20.4 Å². The van der Waals surface area contributed by atoms with Crippen molar-refractivity contribution in [1.82, 2.24) is 0 Å². The zero-order chi connectivity index (χ0) is 4.50. The first-order valence-corrected chi connectivity index (χ1v) is 0.894. The van der Waals surface area contributed by atoms with E-state index < -0.39 is 6.16 Å². The fourth-order valence-electron chi connectivity index (χ4n) is 0. The van der Waals surface area contributed by atoms with Crippen LogP contribution < -0.4 is 0 Å². The van der Waals surface area contributed by atoms with Gasteiger partial charge in [-0.2, -0.15) is 0 Å². The SMILES string of the molecule is OC(O)(O)O.[Pd]. The minimum absolute atomic E-state index is 0. The Bertz CT molecular complexity index is 23.0. The summed E-state index contributed by atoms with van der Waals surface area (Å²) in [6.45, 7) is 0. The third kappa shape index (κ3) is 219. The van der Waals surface area contributed by atoms with Gasteiger partial charge in [0.25, 0.3) is 0 Å². The number of aliphatic hydroxyl groups is 4. The molecule has 0 aromatic carbocycles. The maximum atomic E-state index is 7.19. The molecule has 42 valence electrons. The molecule has 5 heteroatoms. The minimum Gasteiger partial charge on any atom is -0.319 e. The molecule has 0 aliphatic carbocycles. The summed E-state index contributed by atoms with van der Waals surface area (Å²) >= 11 is 0. The Labute approximate surface area is 47.7 Å². The maximum Gasteiger partial charge on any atom is 0.402 e. The van der Waals surface area contributed by atoms with Gasteiger partial charge in [-0.25, -0.2) is 0 Å². The second-order valence-corrected chi connectivity index (χ2v) is 0.600. The van der Waals surface area contributed by atoms with E-state index in [0.29, 0.717) is 0 Å². The van der Waals surface area contributed by atoms with Gasteiger partial charge < -0.3 is 20.4 Å². The molecule has 6 heavy (non-hydrogen) atoms. The average Bonchev–Trinajstić information content (AvgIpc) is 0.722. The largest absolute Gasteiger partial charge is 0.402 e. The number of hydrogen-bond acceptors (Lipinski definition) is 4. The van der Waals surface area contributed by atoms with Crippen molar-refractivity contribution in [2.45, 2.75) is 6.16 Å². The minimum atomic E-state index is -3.50. The molecule has 4 N–H and O–H groups in total. The predicted octanol–water partition coefficient (Wildman–Crippen LogP) is -2.44. The molecule has 0 heterocycles. The molecule has 0 bridgehead atoms. The Morgan fingerprint density at radius 1 is 0.833 bits per heavy atom. The van der Waals surface area contributed by atoms with Gasteiger partial charge in [0.1, 0.15) is 0 Å². The molecule has 0 saturated heterocycles. The molecule has 0 aliphatic heterocycles. The first-order valence-electron chi connectivity index (χ1n) is 0.894. The van der Waals surface area contributed by atoms with E-state index in [0.717, 1.165) is 0 Å². The van der Waals surface area contributed by atoms with Gasteiger partial charge in [-0.3, -0.25) is 0 Å². The fraction of sp³-hybridized carbons (Fsp3) is 1.00. The molecule has 0 atom stereocenters. The second kappa shape index (κ2) is 2.64. The molecular formula is CH4O4Pd. The smallest absolute Gasteiger partial charge is 0.319 e. The van der Waals surface area contributed by atoms with E-state index in [1.165, 1.54) is 0 Å². The summed E-state index contributed by atoms with van der Waals surface area (Å²) < 4.78 is 0. The van der Waals surface area contributed by atoms with E-state index in [9.17, 15) is 0 Å². The van der Waals surface area contributed by atoms with Crippen molar-refractivity contribution in [3.05, 3.63) is 0 Å². The Morgan fingerprint density at radius 2 is 0.833 bits per heavy atom. The van der Waals surface area contributed by atoms with Crippen molar-refractivity contribution in [2.24, 2.45) is 0 Å². The summed E-state index contributed by atoms with van der Waals surface area (Å²) in [5, 5.41) is 28.8. The molecule has 0 fully saturated rings.